The summed E-state index contributed by atoms with van der Waals surface area (Å²) >= 11 is 2.80. The molecular formula is C10H10BrF3N2. The van der Waals surface area contributed by atoms with Gasteiger partial charge < -0.3 is 5.32 Å². The van der Waals surface area contributed by atoms with E-state index in [4.69, 9.17) is 0 Å². The Morgan fingerprint density at radius 2 is 2.06 bits per heavy atom. The molecule has 0 aliphatic heterocycles. The molecule has 0 atom stereocenters. The summed E-state index contributed by atoms with van der Waals surface area (Å²) in [5, 5.41) is 3.03. The molecular weight excluding hydrogens is 285 g/mol. The van der Waals surface area contributed by atoms with Crippen molar-refractivity contribution in [3.05, 3.63) is 22.4 Å². The van der Waals surface area contributed by atoms with E-state index >= 15 is 0 Å². The standard InChI is InChI=1S/C10H10BrF3N2/c11-9-8(10(12,13)14)4-7(5-15-9)16-6-2-1-3-6/h4-6,16H,1-3H2. The number of halogens is 4. The van der Waals surface area contributed by atoms with Crippen LogP contribution in [-0.4, -0.2) is 11.0 Å². The number of nitrogens with zero attached hydrogens (tertiary/aromatic N) is 1. The molecule has 1 aromatic heterocycles. The van der Waals surface area contributed by atoms with Gasteiger partial charge in [-0.2, -0.15) is 13.2 Å². The lowest BCUT2D eigenvalue weighted by Crippen LogP contribution is -2.27. The Hall–Kier alpha value is -0.780. The van der Waals surface area contributed by atoms with Crippen molar-refractivity contribution in [2.75, 3.05) is 5.32 Å². The number of alkyl halides is 3. The summed E-state index contributed by atoms with van der Waals surface area (Å²) in [6, 6.07) is 1.39. The van der Waals surface area contributed by atoms with E-state index in [1.54, 1.807) is 0 Å². The molecule has 1 aliphatic carbocycles. The van der Waals surface area contributed by atoms with Gasteiger partial charge in [0.1, 0.15) is 4.60 Å². The quantitative estimate of drug-likeness (QED) is 0.839. The van der Waals surface area contributed by atoms with Crippen LogP contribution in [0.1, 0.15) is 24.8 Å². The first-order chi connectivity index (χ1) is 7.47. The Balaban J connectivity index is 2.20. The fourth-order valence-corrected chi connectivity index (χ4v) is 1.96. The van der Waals surface area contributed by atoms with Crippen molar-refractivity contribution in [3.8, 4) is 0 Å². The number of aromatic nitrogens is 1. The summed E-state index contributed by atoms with van der Waals surface area (Å²) in [4.78, 5) is 3.69. The first kappa shape index (κ1) is 11.7. The van der Waals surface area contributed by atoms with Crippen LogP contribution >= 0.6 is 15.9 Å². The number of anilines is 1. The third-order valence-corrected chi connectivity index (χ3v) is 3.25. The van der Waals surface area contributed by atoms with E-state index in [9.17, 15) is 13.2 Å². The zero-order valence-corrected chi connectivity index (χ0v) is 9.90. The fourth-order valence-electron chi connectivity index (χ4n) is 1.51. The third kappa shape index (κ3) is 2.48. The van der Waals surface area contributed by atoms with Gasteiger partial charge in [-0.05, 0) is 41.3 Å². The number of hydrogen-bond donors (Lipinski definition) is 1. The predicted molar refractivity (Wildman–Crippen MR) is 58.2 cm³/mol. The van der Waals surface area contributed by atoms with Gasteiger partial charge in [-0.3, -0.25) is 0 Å². The molecule has 1 fully saturated rings. The Bertz CT molecular complexity index is 388. The lowest BCUT2D eigenvalue weighted by molar-refractivity contribution is -0.138. The van der Waals surface area contributed by atoms with Gasteiger partial charge in [-0.15, -0.1) is 0 Å². The summed E-state index contributed by atoms with van der Waals surface area (Å²) < 4.78 is 37.5. The van der Waals surface area contributed by atoms with Crippen molar-refractivity contribution < 1.29 is 13.2 Å². The number of rotatable bonds is 2. The highest BCUT2D eigenvalue weighted by Crippen LogP contribution is 2.35. The van der Waals surface area contributed by atoms with Crippen molar-refractivity contribution in [3.63, 3.8) is 0 Å². The lowest BCUT2D eigenvalue weighted by Gasteiger charge is -2.27. The molecule has 2 nitrogen and oxygen atoms in total. The van der Waals surface area contributed by atoms with Gasteiger partial charge >= 0.3 is 6.18 Å². The van der Waals surface area contributed by atoms with Gasteiger partial charge in [0.05, 0.1) is 17.4 Å². The monoisotopic (exact) mass is 294 g/mol. The minimum atomic E-state index is -4.37. The third-order valence-electron chi connectivity index (χ3n) is 2.62. The molecule has 0 radical (unpaired) electrons. The van der Waals surface area contributed by atoms with E-state index in [0.717, 1.165) is 25.3 Å². The highest BCUT2D eigenvalue weighted by molar-refractivity contribution is 9.10. The first-order valence-corrected chi connectivity index (χ1v) is 5.75. The molecule has 16 heavy (non-hydrogen) atoms. The summed E-state index contributed by atoms with van der Waals surface area (Å²) in [6.07, 6.45) is 0.198. The summed E-state index contributed by atoms with van der Waals surface area (Å²) in [7, 11) is 0. The Morgan fingerprint density at radius 3 is 2.56 bits per heavy atom. The van der Waals surface area contributed by atoms with E-state index in [0.29, 0.717) is 11.7 Å². The van der Waals surface area contributed by atoms with Gasteiger partial charge in [0.2, 0.25) is 0 Å². The summed E-state index contributed by atoms with van der Waals surface area (Å²) in [6.45, 7) is 0. The first-order valence-electron chi connectivity index (χ1n) is 4.96. The minimum absolute atomic E-state index is 0.167. The van der Waals surface area contributed by atoms with E-state index in [2.05, 4.69) is 26.2 Å². The highest BCUT2D eigenvalue weighted by atomic mass is 79.9. The molecule has 1 heterocycles. The second kappa shape index (κ2) is 4.24. The zero-order valence-electron chi connectivity index (χ0n) is 8.31. The Labute approximate surface area is 99.4 Å². The highest BCUT2D eigenvalue weighted by Gasteiger charge is 2.34. The van der Waals surface area contributed by atoms with Crippen molar-refractivity contribution in [1.82, 2.24) is 4.98 Å². The molecule has 0 aromatic carbocycles. The molecule has 88 valence electrons. The number of hydrogen-bond acceptors (Lipinski definition) is 2. The smallest absolute Gasteiger partial charge is 0.381 e. The zero-order chi connectivity index (χ0) is 11.8. The van der Waals surface area contributed by atoms with E-state index in [1.165, 1.54) is 6.20 Å². The van der Waals surface area contributed by atoms with Crippen molar-refractivity contribution in [2.24, 2.45) is 0 Å². The van der Waals surface area contributed by atoms with Gasteiger partial charge in [0.25, 0.3) is 0 Å². The van der Waals surface area contributed by atoms with Crippen molar-refractivity contribution in [1.29, 1.82) is 0 Å². The molecule has 0 amide bonds. The predicted octanol–water partition coefficient (Wildman–Crippen LogP) is 3.83. The van der Waals surface area contributed by atoms with Gasteiger partial charge in [0, 0.05) is 6.04 Å². The molecule has 1 N–H and O–H groups in total. The van der Waals surface area contributed by atoms with Crippen LogP contribution in [0.4, 0.5) is 18.9 Å². The van der Waals surface area contributed by atoms with Gasteiger partial charge in [-0.1, -0.05) is 0 Å². The maximum absolute atomic E-state index is 12.6. The van der Waals surface area contributed by atoms with Crippen LogP contribution in [0.5, 0.6) is 0 Å². The maximum Gasteiger partial charge on any atom is 0.419 e. The molecule has 0 spiro atoms. The van der Waals surface area contributed by atoms with Crippen molar-refractivity contribution in [2.45, 2.75) is 31.5 Å². The largest absolute Gasteiger partial charge is 0.419 e. The Kier molecular flexibility index (Phi) is 3.10. The lowest BCUT2D eigenvalue weighted by atomic mass is 9.93. The summed E-state index contributed by atoms with van der Waals surface area (Å²) in [5.74, 6) is 0. The topological polar surface area (TPSA) is 24.9 Å². The van der Waals surface area contributed by atoms with Gasteiger partial charge in [-0.25, -0.2) is 4.98 Å². The second-order valence-corrected chi connectivity index (χ2v) is 4.58. The molecule has 6 heteroatoms. The number of nitrogens with one attached hydrogen (secondary N) is 1. The molecule has 0 bridgehead atoms. The fraction of sp³-hybridized carbons (Fsp3) is 0.500. The van der Waals surface area contributed by atoms with Crippen LogP contribution in [-0.2, 0) is 6.18 Å². The maximum atomic E-state index is 12.6. The molecule has 0 saturated heterocycles. The van der Waals surface area contributed by atoms with E-state index in [1.807, 2.05) is 0 Å². The van der Waals surface area contributed by atoms with Crippen molar-refractivity contribution >= 4 is 21.6 Å². The normalized spacial score (nSPS) is 17.0. The molecule has 2 rings (SSSR count). The van der Waals surface area contributed by atoms with Crippen LogP contribution in [0.15, 0.2) is 16.9 Å². The second-order valence-electron chi connectivity index (χ2n) is 3.83. The minimum Gasteiger partial charge on any atom is -0.381 e. The van der Waals surface area contributed by atoms with Crippen LogP contribution in [0.2, 0.25) is 0 Å². The Morgan fingerprint density at radius 1 is 1.38 bits per heavy atom. The average molecular weight is 295 g/mol. The van der Waals surface area contributed by atoms with Crippen LogP contribution < -0.4 is 5.32 Å². The molecule has 0 unspecified atom stereocenters. The molecule has 1 aromatic rings. The van der Waals surface area contributed by atoms with E-state index < -0.39 is 11.7 Å². The van der Waals surface area contributed by atoms with Crippen LogP contribution in [0, 0.1) is 0 Å². The molecule has 1 aliphatic rings. The SMILES string of the molecule is FC(F)(F)c1cc(NC2CCC2)cnc1Br. The van der Waals surface area contributed by atoms with Crippen LogP contribution in [0.3, 0.4) is 0 Å². The van der Waals surface area contributed by atoms with E-state index in [-0.39, 0.29) is 4.60 Å². The van der Waals surface area contributed by atoms with Crippen LogP contribution in [0.25, 0.3) is 0 Å². The number of pyridine rings is 1. The average Bonchev–Trinajstić information content (AvgIpc) is 2.12. The molecule has 1 saturated carbocycles. The summed E-state index contributed by atoms with van der Waals surface area (Å²) in [5.41, 5.74) is -0.308. The van der Waals surface area contributed by atoms with Gasteiger partial charge in [0.15, 0.2) is 0 Å².